The molecule has 3 aliphatic rings. The molecule has 2 aliphatic heterocycles. The van der Waals surface area contributed by atoms with Crippen molar-refractivity contribution < 1.29 is 19.1 Å². The van der Waals surface area contributed by atoms with Crippen molar-refractivity contribution in [2.75, 3.05) is 20.2 Å². The average molecular weight is 472 g/mol. The second kappa shape index (κ2) is 10.6. The van der Waals surface area contributed by atoms with Crippen molar-refractivity contribution in [2.24, 2.45) is 0 Å². The number of hydrogen-bond acceptors (Lipinski definition) is 5. The van der Waals surface area contributed by atoms with Gasteiger partial charge in [-0.1, -0.05) is 17.9 Å². The zero-order valence-electron chi connectivity index (χ0n) is 19.4. The number of likely N-dealkylation sites (N-methyl/N-ethyl adjacent to an activating group) is 1. The summed E-state index contributed by atoms with van der Waals surface area (Å²) in [6, 6.07) is 6.20. The van der Waals surface area contributed by atoms with Gasteiger partial charge in [0.25, 0.3) is 11.8 Å². The number of nitrogens with zero attached hydrogens (tertiary/aromatic N) is 3. The molecule has 1 aliphatic carbocycles. The normalized spacial score (nSPS) is 18.5. The van der Waals surface area contributed by atoms with Crippen molar-refractivity contribution >= 4 is 17.8 Å². The molecule has 3 heterocycles. The second-order valence-electron chi connectivity index (χ2n) is 7.88. The summed E-state index contributed by atoms with van der Waals surface area (Å²) >= 11 is 0. The number of carbonyl (C=O) groups is 3. The monoisotopic (exact) mass is 471 g/mol. The van der Waals surface area contributed by atoms with Crippen molar-refractivity contribution in [3.8, 4) is 17.5 Å². The molecule has 0 saturated carbocycles. The summed E-state index contributed by atoms with van der Waals surface area (Å²) in [5.41, 5.74) is 3.76. The molecule has 9 nitrogen and oxygen atoms in total. The number of nitrogens with one attached hydrogen (secondary N) is 2. The molecule has 0 bridgehead atoms. The molecule has 5 rings (SSSR count). The van der Waals surface area contributed by atoms with Crippen LogP contribution in [-0.2, 0) is 14.3 Å². The van der Waals surface area contributed by atoms with Gasteiger partial charge in [-0.05, 0) is 55.3 Å². The predicted molar refractivity (Wildman–Crippen MR) is 129 cm³/mol. The maximum absolute atomic E-state index is 11.9. The van der Waals surface area contributed by atoms with Gasteiger partial charge in [0.15, 0.2) is 6.04 Å². The molecule has 1 atom stereocenters. The number of imidazole rings is 1. The number of hydrogen-bond donors (Lipinski definition) is 2. The highest BCUT2D eigenvalue weighted by molar-refractivity contribution is 6.05. The van der Waals surface area contributed by atoms with E-state index in [0.29, 0.717) is 0 Å². The van der Waals surface area contributed by atoms with E-state index in [1.165, 1.54) is 5.57 Å². The van der Waals surface area contributed by atoms with Crippen LogP contribution in [0, 0.1) is 11.8 Å². The van der Waals surface area contributed by atoms with Gasteiger partial charge in [0, 0.05) is 42.3 Å². The third-order valence-corrected chi connectivity index (χ3v) is 5.64. The summed E-state index contributed by atoms with van der Waals surface area (Å²) in [4.78, 5) is 40.0. The third kappa shape index (κ3) is 5.50. The van der Waals surface area contributed by atoms with Crippen LogP contribution in [0.5, 0.6) is 0 Å². The first-order chi connectivity index (χ1) is 17.0. The Hall–Kier alpha value is -4.58. The van der Waals surface area contributed by atoms with Crippen LogP contribution in [0.3, 0.4) is 0 Å². The molecule has 0 spiro atoms. The molecule has 9 heteroatoms. The number of allylic oxidation sites excluding steroid dienone is 2. The first kappa shape index (κ1) is 23.6. The summed E-state index contributed by atoms with van der Waals surface area (Å²) in [5, 5.41) is 4.55. The van der Waals surface area contributed by atoms with Gasteiger partial charge in [-0.2, -0.15) is 0 Å². The van der Waals surface area contributed by atoms with E-state index in [-0.39, 0.29) is 5.91 Å². The van der Waals surface area contributed by atoms with E-state index in [0.717, 1.165) is 42.1 Å². The maximum Gasteiger partial charge on any atom is 0.322 e. The number of amides is 4. The van der Waals surface area contributed by atoms with E-state index >= 15 is 0 Å². The number of rotatable bonds is 3. The van der Waals surface area contributed by atoms with E-state index in [4.69, 9.17) is 4.74 Å². The second-order valence-corrected chi connectivity index (χ2v) is 7.88. The van der Waals surface area contributed by atoms with Crippen molar-refractivity contribution in [1.29, 1.82) is 0 Å². The lowest BCUT2D eigenvalue weighted by Crippen LogP contribution is -2.26. The Morgan fingerprint density at radius 1 is 1.20 bits per heavy atom. The number of carbonyl (C=O) groups excluding carboxylic acids is 3. The molecular weight excluding hydrogens is 446 g/mol. The molecule has 35 heavy (non-hydrogen) atoms. The number of urea groups is 1. The highest BCUT2D eigenvalue weighted by Gasteiger charge is 2.28. The van der Waals surface area contributed by atoms with Gasteiger partial charge in [0.2, 0.25) is 0 Å². The van der Waals surface area contributed by atoms with E-state index in [1.54, 1.807) is 19.6 Å². The van der Waals surface area contributed by atoms with Crippen molar-refractivity contribution in [3.05, 3.63) is 83.7 Å². The Kier molecular flexibility index (Phi) is 7.12. The van der Waals surface area contributed by atoms with Crippen LogP contribution in [0.25, 0.3) is 5.69 Å². The average Bonchev–Trinajstić information content (AvgIpc) is 3.54. The molecule has 0 radical (unpaired) electrons. The van der Waals surface area contributed by atoms with Crippen molar-refractivity contribution in [3.63, 3.8) is 0 Å². The van der Waals surface area contributed by atoms with Crippen LogP contribution < -0.4 is 10.6 Å². The van der Waals surface area contributed by atoms with Gasteiger partial charge in [-0.25, -0.2) is 9.78 Å². The lowest BCUT2D eigenvalue weighted by molar-refractivity contribution is -0.125. The maximum atomic E-state index is 11.9. The largest absolute Gasteiger partial charge is 0.497 e. The predicted octanol–water partition coefficient (Wildman–Crippen LogP) is 2.07. The smallest absolute Gasteiger partial charge is 0.322 e. The van der Waals surface area contributed by atoms with Gasteiger partial charge in [-0.15, -0.1) is 0 Å². The van der Waals surface area contributed by atoms with E-state index in [1.807, 2.05) is 65.1 Å². The summed E-state index contributed by atoms with van der Waals surface area (Å²) < 4.78 is 7.04. The van der Waals surface area contributed by atoms with Gasteiger partial charge >= 0.3 is 6.03 Å². The van der Waals surface area contributed by atoms with Crippen LogP contribution in [0.15, 0.2) is 78.1 Å². The van der Waals surface area contributed by atoms with E-state index < -0.39 is 18.0 Å². The van der Waals surface area contributed by atoms with Crippen molar-refractivity contribution in [2.45, 2.75) is 19.4 Å². The molecule has 2 N–H and O–H groups in total. The van der Waals surface area contributed by atoms with Crippen molar-refractivity contribution in [1.82, 2.24) is 25.1 Å². The molecule has 1 saturated heterocycles. The van der Waals surface area contributed by atoms with Gasteiger partial charge in [0.1, 0.15) is 5.76 Å². The Labute approximate surface area is 203 Å². The number of aromatic nitrogens is 2. The molecule has 178 valence electrons. The minimum Gasteiger partial charge on any atom is -0.497 e. The summed E-state index contributed by atoms with van der Waals surface area (Å²) in [7, 11) is 1.62. The third-order valence-electron chi connectivity index (χ3n) is 5.64. The minimum absolute atomic E-state index is 0.130. The van der Waals surface area contributed by atoms with E-state index in [2.05, 4.69) is 27.5 Å². The highest BCUT2D eigenvalue weighted by Crippen LogP contribution is 2.26. The SMILES string of the molecule is CCN1CC2=C(C=C(OC)C=CC2)C1=O.O=C1NC(=O)C(C#Cc2ccc(-n3ccnc3)cc2)N1. The summed E-state index contributed by atoms with van der Waals surface area (Å²) in [6.07, 6.45) is 11.9. The topological polar surface area (TPSA) is 106 Å². The number of imide groups is 1. The van der Waals surface area contributed by atoms with Crippen LogP contribution in [0.4, 0.5) is 4.79 Å². The van der Waals surface area contributed by atoms with Gasteiger partial charge in [-0.3, -0.25) is 14.9 Å². The fraction of sp³-hybridized carbons (Fsp3) is 0.231. The Balaban J connectivity index is 0.000000172. The Morgan fingerprint density at radius 2 is 2.00 bits per heavy atom. The Morgan fingerprint density at radius 3 is 2.63 bits per heavy atom. The van der Waals surface area contributed by atoms with Crippen LogP contribution in [-0.4, -0.2) is 58.5 Å². The minimum atomic E-state index is -0.782. The van der Waals surface area contributed by atoms with Crippen LogP contribution in [0.1, 0.15) is 18.9 Å². The molecule has 1 aromatic heterocycles. The zero-order chi connectivity index (χ0) is 24.8. The zero-order valence-corrected chi connectivity index (χ0v) is 19.4. The standard InChI is InChI=1S/C14H10N4O2.C12H15NO2/c19-13-12(16-14(20)17-13)6-3-10-1-4-11(5-2-10)18-8-7-15-9-18;1-3-13-8-9-5-4-6-10(15-2)7-11(9)12(13)14/h1-2,4-5,7-9,12H,(H2,16,17,19,20);4,6-7H,3,5,8H2,1-2H3. The molecule has 1 unspecified atom stereocenters. The molecule has 2 aromatic rings. The number of ether oxygens (including phenoxy) is 1. The molecule has 1 aromatic carbocycles. The molecule has 1 fully saturated rings. The summed E-state index contributed by atoms with van der Waals surface area (Å²) in [5.74, 6) is 6.05. The van der Waals surface area contributed by atoms with E-state index in [9.17, 15) is 14.4 Å². The lowest BCUT2D eigenvalue weighted by atomic mass is 10.1. The first-order valence-electron chi connectivity index (χ1n) is 11.1. The fourth-order valence-electron chi connectivity index (χ4n) is 3.74. The molecular formula is C26H25N5O4. The highest BCUT2D eigenvalue weighted by atomic mass is 16.5. The number of methoxy groups -OCH3 is 1. The van der Waals surface area contributed by atoms with Gasteiger partial charge < -0.3 is 19.5 Å². The lowest BCUT2D eigenvalue weighted by Gasteiger charge is -2.13. The molecule has 4 amide bonds. The Bertz CT molecular complexity index is 1280. The fourth-order valence-corrected chi connectivity index (χ4v) is 3.74. The van der Waals surface area contributed by atoms with Crippen LogP contribution in [0.2, 0.25) is 0 Å². The number of benzene rings is 1. The van der Waals surface area contributed by atoms with Gasteiger partial charge in [0.05, 0.1) is 13.4 Å². The van der Waals surface area contributed by atoms with Crippen LogP contribution >= 0.6 is 0 Å². The quantitative estimate of drug-likeness (QED) is 0.527. The summed E-state index contributed by atoms with van der Waals surface area (Å²) in [6.45, 7) is 3.54. The first-order valence-corrected chi connectivity index (χ1v) is 11.1.